The summed E-state index contributed by atoms with van der Waals surface area (Å²) in [7, 11) is 0. The second-order valence-corrected chi connectivity index (χ2v) is 5.14. The fourth-order valence-electron chi connectivity index (χ4n) is 2.80. The maximum Gasteiger partial charge on any atom is 0.339 e. The quantitative estimate of drug-likeness (QED) is 0.738. The van der Waals surface area contributed by atoms with Gasteiger partial charge in [0, 0.05) is 0 Å². The molecule has 0 radical (unpaired) electrons. The molecule has 3 rings (SSSR count). The van der Waals surface area contributed by atoms with Gasteiger partial charge in [0.2, 0.25) is 5.84 Å². The number of benzene rings is 1. The highest BCUT2D eigenvalue weighted by Crippen LogP contribution is 2.35. The fourth-order valence-corrected chi connectivity index (χ4v) is 2.80. The lowest BCUT2D eigenvalue weighted by Gasteiger charge is -2.29. The number of carboxylic acids is 1. The molecule has 0 saturated heterocycles. The molecular weight excluding hydrogens is 290 g/mol. The van der Waals surface area contributed by atoms with E-state index in [2.05, 4.69) is 13.8 Å². The molecule has 21 heavy (non-hydrogen) atoms. The highest BCUT2D eigenvalue weighted by Gasteiger charge is 2.43. The van der Waals surface area contributed by atoms with Crippen LogP contribution in [0.5, 0.6) is 0 Å². The van der Waals surface area contributed by atoms with Crippen LogP contribution in [0.2, 0.25) is 0 Å². The number of halogens is 1. The number of para-hydroxylation sites is 1. The molecule has 0 bridgehead atoms. The number of rotatable bonds is 3. The Labute approximate surface area is 130 Å². The summed E-state index contributed by atoms with van der Waals surface area (Å²) >= 11 is 0. The van der Waals surface area contributed by atoms with Gasteiger partial charge in [0.1, 0.15) is 18.7 Å². The maximum atomic E-state index is 11.5. The molecule has 2 aliphatic heterocycles. The third-order valence-corrected chi connectivity index (χ3v) is 4.14. The average Bonchev–Trinajstić information content (AvgIpc) is 2.87. The van der Waals surface area contributed by atoms with E-state index in [4.69, 9.17) is 5.10 Å². The van der Waals surface area contributed by atoms with Gasteiger partial charge < -0.3 is 17.5 Å². The molecule has 5 nitrogen and oxygen atoms in total. The van der Waals surface area contributed by atoms with Crippen molar-refractivity contribution >= 4 is 23.6 Å². The normalized spacial score (nSPS) is 18.1. The Hall–Kier alpha value is -1.85. The first-order valence-corrected chi connectivity index (χ1v) is 6.88. The first-order chi connectivity index (χ1) is 9.60. The van der Waals surface area contributed by atoms with Crippen molar-refractivity contribution in [2.45, 2.75) is 13.8 Å². The smallest absolute Gasteiger partial charge is 0.339 e. The average molecular weight is 308 g/mol. The molecule has 0 aromatic heterocycles. The number of hydrogen-bond acceptors (Lipinski definition) is 3. The highest BCUT2D eigenvalue weighted by atomic mass is 35.5. The molecule has 1 aromatic carbocycles. The Morgan fingerprint density at radius 1 is 1.33 bits per heavy atom. The molecule has 0 atom stereocenters. The lowest BCUT2D eigenvalue weighted by atomic mass is 10.0. The van der Waals surface area contributed by atoms with Crippen LogP contribution in [-0.4, -0.2) is 41.3 Å². The Morgan fingerprint density at radius 3 is 2.62 bits per heavy atom. The van der Waals surface area contributed by atoms with Crippen molar-refractivity contribution in [2.24, 2.45) is 5.10 Å². The van der Waals surface area contributed by atoms with Gasteiger partial charge in [-0.15, -0.1) is 0 Å². The first kappa shape index (κ1) is 15.5. The molecule has 0 spiro atoms. The topological polar surface area (TPSA) is 52.9 Å². The largest absolute Gasteiger partial charge is 1.00 e. The number of fused-ring (bicyclic) bond motifs is 3. The van der Waals surface area contributed by atoms with Gasteiger partial charge in [-0.25, -0.2) is 4.79 Å². The summed E-state index contributed by atoms with van der Waals surface area (Å²) in [4.78, 5) is 13.5. The zero-order chi connectivity index (χ0) is 14.3. The molecule has 0 saturated carbocycles. The van der Waals surface area contributed by atoms with Crippen LogP contribution in [0, 0.1) is 0 Å². The van der Waals surface area contributed by atoms with E-state index in [9.17, 15) is 9.90 Å². The summed E-state index contributed by atoms with van der Waals surface area (Å²) < 4.78 is 0.550. The lowest BCUT2D eigenvalue weighted by molar-refractivity contribution is -0.925. The molecule has 6 heteroatoms. The molecule has 0 unspecified atom stereocenters. The summed E-state index contributed by atoms with van der Waals surface area (Å²) in [6.45, 7) is 6.57. The van der Waals surface area contributed by atoms with Crippen LogP contribution in [0.4, 0.5) is 5.69 Å². The van der Waals surface area contributed by atoms with E-state index in [1.807, 2.05) is 29.2 Å². The van der Waals surface area contributed by atoms with E-state index < -0.39 is 5.97 Å². The summed E-state index contributed by atoms with van der Waals surface area (Å²) in [5.41, 5.74) is 2.26. The highest BCUT2D eigenvalue weighted by molar-refractivity contribution is 6.29. The molecule has 0 fully saturated rings. The van der Waals surface area contributed by atoms with Crippen LogP contribution >= 0.6 is 0 Å². The number of carboxylic acid groups (broad SMARTS) is 1. The molecule has 112 valence electrons. The molecular formula is C15H18ClN3O2. The predicted octanol–water partition coefficient (Wildman–Crippen LogP) is -0.880. The Balaban J connectivity index is 0.00000161. The monoisotopic (exact) mass is 307 g/mol. The molecule has 1 N–H and O–H groups in total. The van der Waals surface area contributed by atoms with E-state index >= 15 is 0 Å². The zero-order valence-corrected chi connectivity index (χ0v) is 12.8. The van der Waals surface area contributed by atoms with Crippen LogP contribution in [0.25, 0.3) is 6.08 Å². The number of anilines is 1. The van der Waals surface area contributed by atoms with Crippen molar-refractivity contribution in [3.8, 4) is 0 Å². The summed E-state index contributed by atoms with van der Waals surface area (Å²) in [6.07, 6.45) is 1.72. The van der Waals surface area contributed by atoms with Crippen LogP contribution < -0.4 is 17.3 Å². The SMILES string of the molecule is CC[N+]1(CC)CN2C(=N1)C(C(=O)O)=Cc1ccccc12.[Cl-]. The molecule has 1 aromatic rings. The molecule has 2 heterocycles. The van der Waals surface area contributed by atoms with Crippen LogP contribution in [-0.2, 0) is 4.79 Å². The summed E-state index contributed by atoms with van der Waals surface area (Å²) in [5.74, 6) is -0.338. The van der Waals surface area contributed by atoms with Gasteiger partial charge in [-0.05, 0) is 31.6 Å². The van der Waals surface area contributed by atoms with Crippen LogP contribution in [0.3, 0.4) is 0 Å². The van der Waals surface area contributed by atoms with Gasteiger partial charge >= 0.3 is 5.97 Å². The number of nitrogens with zero attached hydrogens (tertiary/aromatic N) is 3. The first-order valence-electron chi connectivity index (χ1n) is 6.88. The van der Waals surface area contributed by atoms with E-state index in [1.165, 1.54) is 0 Å². The van der Waals surface area contributed by atoms with E-state index in [-0.39, 0.29) is 18.0 Å². The Bertz CT molecular complexity index is 636. The predicted molar refractivity (Wildman–Crippen MR) is 78.2 cm³/mol. The molecule has 0 aliphatic carbocycles. The zero-order valence-electron chi connectivity index (χ0n) is 12.1. The van der Waals surface area contributed by atoms with E-state index in [0.29, 0.717) is 17.1 Å². The maximum absolute atomic E-state index is 11.5. The summed E-state index contributed by atoms with van der Waals surface area (Å²) in [6, 6.07) is 7.86. The van der Waals surface area contributed by atoms with E-state index in [1.54, 1.807) is 6.08 Å². The standard InChI is InChI=1S/C15H17N3O2.ClH/c1-3-18(4-2)10-17-13-8-6-5-7-11(13)9-12(15(19)20)14(17)16-18;/h5-9H,3-4,10H2,1-2H3;1H. The minimum absolute atomic E-state index is 0. The minimum Gasteiger partial charge on any atom is -1.00 e. The van der Waals surface area contributed by atoms with Gasteiger partial charge in [0.15, 0.2) is 6.67 Å². The van der Waals surface area contributed by atoms with Gasteiger partial charge in [0.25, 0.3) is 0 Å². The fraction of sp³-hybridized carbons (Fsp3) is 0.333. The number of quaternary nitrogens is 1. The third-order valence-electron chi connectivity index (χ3n) is 4.14. The van der Waals surface area contributed by atoms with Gasteiger partial charge in [0.05, 0.1) is 5.69 Å². The number of carbonyl (C=O) groups is 1. The minimum atomic E-state index is -0.921. The third kappa shape index (κ3) is 2.32. The van der Waals surface area contributed by atoms with Crippen molar-refractivity contribution in [1.29, 1.82) is 0 Å². The Kier molecular flexibility index (Phi) is 4.07. The second kappa shape index (κ2) is 5.50. The second-order valence-electron chi connectivity index (χ2n) is 5.14. The summed E-state index contributed by atoms with van der Waals surface area (Å²) in [5, 5.41) is 14.2. The van der Waals surface area contributed by atoms with E-state index in [0.717, 1.165) is 24.3 Å². The van der Waals surface area contributed by atoms with Crippen molar-refractivity contribution in [3.63, 3.8) is 0 Å². The van der Waals surface area contributed by atoms with Gasteiger partial charge in [-0.1, -0.05) is 23.3 Å². The van der Waals surface area contributed by atoms with Crippen LogP contribution in [0.1, 0.15) is 19.4 Å². The van der Waals surface area contributed by atoms with Crippen LogP contribution in [0.15, 0.2) is 34.9 Å². The van der Waals surface area contributed by atoms with Crippen molar-refractivity contribution in [2.75, 3.05) is 24.7 Å². The number of amidine groups is 1. The van der Waals surface area contributed by atoms with Crippen molar-refractivity contribution < 1.29 is 26.9 Å². The number of aliphatic carboxylic acids is 1. The van der Waals surface area contributed by atoms with Gasteiger partial charge in [-0.3, -0.25) is 4.90 Å². The van der Waals surface area contributed by atoms with Crippen molar-refractivity contribution in [1.82, 2.24) is 0 Å². The van der Waals surface area contributed by atoms with Crippen molar-refractivity contribution in [3.05, 3.63) is 35.4 Å². The number of hydrogen-bond donors (Lipinski definition) is 1. The Morgan fingerprint density at radius 2 is 2.00 bits per heavy atom. The molecule has 2 aliphatic rings. The molecule has 0 amide bonds. The van der Waals surface area contributed by atoms with Gasteiger partial charge in [-0.2, -0.15) is 4.59 Å². The lowest BCUT2D eigenvalue weighted by Crippen LogP contribution is -3.00.